The van der Waals surface area contributed by atoms with Crippen molar-refractivity contribution in [1.82, 2.24) is 0 Å². The lowest BCUT2D eigenvalue weighted by Gasteiger charge is -1.94. The van der Waals surface area contributed by atoms with E-state index in [0.717, 1.165) is 11.3 Å². The third-order valence-corrected chi connectivity index (χ3v) is 2.83. The number of nitrogen functional groups attached to an aromatic ring is 1. The van der Waals surface area contributed by atoms with Crippen molar-refractivity contribution in [3.8, 4) is 0 Å². The van der Waals surface area contributed by atoms with Crippen LogP contribution in [-0.4, -0.2) is 6.29 Å². The summed E-state index contributed by atoms with van der Waals surface area (Å²) in [6.07, 6.45) is 0.685. The summed E-state index contributed by atoms with van der Waals surface area (Å²) >= 11 is 0.958. The highest BCUT2D eigenvalue weighted by Crippen LogP contribution is 2.33. The number of hydrogen-bond donors (Lipinski definition) is 1. The molecule has 0 fully saturated rings. The number of rotatable bonds is 1. The van der Waals surface area contributed by atoms with Crippen molar-refractivity contribution >= 4 is 33.4 Å². The van der Waals surface area contributed by atoms with Crippen LogP contribution in [0.15, 0.2) is 18.2 Å². The molecule has 2 rings (SSSR count). The summed E-state index contributed by atoms with van der Waals surface area (Å²) in [5, 5.41) is 0.101. The highest BCUT2D eigenvalue weighted by Gasteiger charge is 2.11. The first-order valence-corrected chi connectivity index (χ1v) is 4.47. The molecule has 0 bridgehead atoms. The number of nitrogens with two attached hydrogens (primary N) is 1. The van der Waals surface area contributed by atoms with Gasteiger partial charge in [-0.05, 0) is 6.07 Å². The molecule has 1 aromatic heterocycles. The Balaban J connectivity index is 2.94. The Morgan fingerprint density at radius 3 is 2.92 bits per heavy atom. The van der Waals surface area contributed by atoms with E-state index in [0.29, 0.717) is 21.9 Å². The third kappa shape index (κ3) is 1.10. The van der Waals surface area contributed by atoms with Crippen LogP contribution < -0.4 is 5.73 Å². The van der Waals surface area contributed by atoms with Gasteiger partial charge in [0.05, 0.1) is 5.69 Å². The van der Waals surface area contributed by atoms with Crippen molar-refractivity contribution in [3.05, 3.63) is 28.9 Å². The summed E-state index contributed by atoms with van der Waals surface area (Å²) < 4.78 is 13.7. The van der Waals surface area contributed by atoms with Gasteiger partial charge in [-0.2, -0.15) is 4.39 Å². The monoisotopic (exact) mass is 195 g/mol. The van der Waals surface area contributed by atoms with Crippen LogP contribution in [0.25, 0.3) is 10.1 Å². The standard InChI is InChI=1S/C9H6FNOS/c10-9-8(11)7-5(4-12)2-1-3-6(7)13-9/h1-4H,11H2. The van der Waals surface area contributed by atoms with Crippen molar-refractivity contribution in [2.24, 2.45) is 0 Å². The van der Waals surface area contributed by atoms with Crippen LogP contribution in [0, 0.1) is 5.13 Å². The normalized spacial score (nSPS) is 10.5. The quantitative estimate of drug-likeness (QED) is 0.710. The zero-order valence-electron chi connectivity index (χ0n) is 6.58. The maximum atomic E-state index is 13.0. The Labute approximate surface area is 77.8 Å². The van der Waals surface area contributed by atoms with E-state index in [1.807, 2.05) is 0 Å². The second kappa shape index (κ2) is 2.81. The van der Waals surface area contributed by atoms with E-state index in [1.54, 1.807) is 18.2 Å². The van der Waals surface area contributed by atoms with Crippen LogP contribution in [0.2, 0.25) is 0 Å². The molecule has 1 aromatic carbocycles. The molecule has 0 aliphatic rings. The lowest BCUT2D eigenvalue weighted by molar-refractivity contribution is 0.112. The lowest BCUT2D eigenvalue weighted by Crippen LogP contribution is -1.88. The third-order valence-electron chi connectivity index (χ3n) is 1.87. The molecule has 0 unspecified atom stereocenters. The molecule has 13 heavy (non-hydrogen) atoms. The minimum atomic E-state index is -0.427. The van der Waals surface area contributed by atoms with E-state index >= 15 is 0 Å². The second-order valence-corrected chi connectivity index (χ2v) is 3.63. The average molecular weight is 195 g/mol. The topological polar surface area (TPSA) is 43.1 Å². The van der Waals surface area contributed by atoms with Crippen LogP contribution in [0.4, 0.5) is 10.1 Å². The van der Waals surface area contributed by atoms with Crippen LogP contribution in [-0.2, 0) is 0 Å². The van der Waals surface area contributed by atoms with Gasteiger partial charge in [0.2, 0.25) is 5.13 Å². The number of thiophene rings is 1. The van der Waals surface area contributed by atoms with Gasteiger partial charge in [0.15, 0.2) is 6.29 Å². The Bertz CT molecular complexity index is 478. The van der Waals surface area contributed by atoms with E-state index in [4.69, 9.17) is 5.73 Å². The summed E-state index contributed by atoms with van der Waals surface area (Å²) in [4.78, 5) is 10.6. The zero-order valence-corrected chi connectivity index (χ0v) is 7.40. The number of carbonyl (C=O) groups is 1. The molecule has 0 saturated carbocycles. The first kappa shape index (κ1) is 8.19. The van der Waals surface area contributed by atoms with Crippen molar-refractivity contribution in [2.75, 3.05) is 5.73 Å². The number of anilines is 1. The van der Waals surface area contributed by atoms with E-state index in [9.17, 15) is 9.18 Å². The van der Waals surface area contributed by atoms with E-state index in [-0.39, 0.29) is 5.69 Å². The van der Waals surface area contributed by atoms with Gasteiger partial charge in [-0.15, -0.1) is 11.3 Å². The first-order valence-electron chi connectivity index (χ1n) is 3.65. The average Bonchev–Trinajstić information content (AvgIpc) is 2.43. The maximum absolute atomic E-state index is 13.0. The van der Waals surface area contributed by atoms with Gasteiger partial charge >= 0.3 is 0 Å². The van der Waals surface area contributed by atoms with Crippen molar-refractivity contribution in [1.29, 1.82) is 0 Å². The largest absolute Gasteiger partial charge is 0.395 e. The predicted octanol–water partition coefficient (Wildman–Crippen LogP) is 2.44. The van der Waals surface area contributed by atoms with Crippen molar-refractivity contribution in [3.63, 3.8) is 0 Å². The molecule has 0 spiro atoms. The minimum absolute atomic E-state index is 0.0719. The van der Waals surface area contributed by atoms with Gasteiger partial charge in [-0.1, -0.05) is 12.1 Å². The smallest absolute Gasteiger partial charge is 0.200 e. The molecule has 1 heterocycles. The molecular formula is C9H6FNOS. The van der Waals surface area contributed by atoms with Gasteiger partial charge in [0.1, 0.15) is 0 Å². The number of carbonyl (C=O) groups excluding carboxylic acids is 1. The van der Waals surface area contributed by atoms with Crippen LogP contribution >= 0.6 is 11.3 Å². The number of halogens is 1. The van der Waals surface area contributed by atoms with Crippen LogP contribution in [0.3, 0.4) is 0 Å². The van der Waals surface area contributed by atoms with E-state index in [2.05, 4.69) is 0 Å². The number of benzene rings is 1. The summed E-state index contributed by atoms with van der Waals surface area (Å²) in [5.74, 6) is 0. The van der Waals surface area contributed by atoms with Gasteiger partial charge in [0.25, 0.3) is 0 Å². The van der Waals surface area contributed by atoms with Crippen LogP contribution in [0.5, 0.6) is 0 Å². The molecule has 0 saturated heterocycles. The van der Waals surface area contributed by atoms with E-state index < -0.39 is 5.13 Å². The minimum Gasteiger partial charge on any atom is -0.395 e. The first-order chi connectivity index (χ1) is 6.24. The Morgan fingerprint density at radius 2 is 2.23 bits per heavy atom. The molecule has 2 nitrogen and oxygen atoms in total. The van der Waals surface area contributed by atoms with Gasteiger partial charge in [0, 0.05) is 15.6 Å². The molecule has 0 aliphatic carbocycles. The van der Waals surface area contributed by atoms with Gasteiger partial charge in [-0.3, -0.25) is 4.79 Å². The second-order valence-electron chi connectivity index (χ2n) is 2.63. The molecule has 2 N–H and O–H groups in total. The summed E-state index contributed by atoms with van der Waals surface area (Å²) in [6, 6.07) is 5.08. The molecule has 66 valence electrons. The van der Waals surface area contributed by atoms with Crippen LogP contribution in [0.1, 0.15) is 10.4 Å². The maximum Gasteiger partial charge on any atom is 0.200 e. The fraction of sp³-hybridized carbons (Fsp3) is 0. The summed E-state index contributed by atoms with van der Waals surface area (Å²) in [7, 11) is 0. The number of hydrogen-bond acceptors (Lipinski definition) is 3. The molecule has 4 heteroatoms. The molecule has 0 radical (unpaired) electrons. The highest BCUT2D eigenvalue weighted by atomic mass is 32.1. The molecule has 2 aromatic rings. The number of fused-ring (bicyclic) bond motifs is 1. The highest BCUT2D eigenvalue weighted by molar-refractivity contribution is 7.18. The summed E-state index contributed by atoms with van der Waals surface area (Å²) in [5.41, 5.74) is 6.00. The zero-order chi connectivity index (χ0) is 9.42. The van der Waals surface area contributed by atoms with Crippen molar-refractivity contribution in [2.45, 2.75) is 0 Å². The fourth-order valence-electron chi connectivity index (χ4n) is 1.27. The molecule has 0 aliphatic heterocycles. The van der Waals surface area contributed by atoms with Gasteiger partial charge < -0.3 is 5.73 Å². The SMILES string of the molecule is Nc1c(F)sc2cccc(C=O)c12. The number of aldehydes is 1. The Kier molecular flexibility index (Phi) is 1.77. The molecular weight excluding hydrogens is 189 g/mol. The lowest BCUT2D eigenvalue weighted by atomic mass is 10.1. The fourth-order valence-corrected chi connectivity index (χ4v) is 2.15. The Morgan fingerprint density at radius 1 is 1.46 bits per heavy atom. The van der Waals surface area contributed by atoms with Gasteiger partial charge in [-0.25, -0.2) is 0 Å². The predicted molar refractivity (Wildman–Crippen MR) is 51.6 cm³/mol. The van der Waals surface area contributed by atoms with Crippen molar-refractivity contribution < 1.29 is 9.18 Å². The van der Waals surface area contributed by atoms with E-state index in [1.165, 1.54) is 0 Å². The summed E-state index contributed by atoms with van der Waals surface area (Å²) in [6.45, 7) is 0. The Hall–Kier alpha value is -1.42. The molecule has 0 atom stereocenters. The molecule has 0 amide bonds.